The van der Waals surface area contributed by atoms with Crippen LogP contribution in [0.3, 0.4) is 0 Å². The van der Waals surface area contributed by atoms with Crippen LogP contribution in [0.25, 0.3) is 0 Å². The zero-order valence-corrected chi connectivity index (χ0v) is 34.1. The fourth-order valence-corrected chi connectivity index (χ4v) is 6.75. The van der Waals surface area contributed by atoms with Crippen molar-refractivity contribution in [2.45, 2.75) is 122 Å². The predicted molar refractivity (Wildman–Crippen MR) is 212 cm³/mol. The van der Waals surface area contributed by atoms with Crippen LogP contribution in [0.4, 0.5) is 0 Å². The summed E-state index contributed by atoms with van der Waals surface area (Å²) in [5, 5.41) is 24.2. The molecule has 0 bridgehead atoms. The first-order valence-electron chi connectivity index (χ1n) is 19.0. The lowest BCUT2D eigenvalue weighted by atomic mass is 9.99. The van der Waals surface area contributed by atoms with Crippen molar-refractivity contribution in [1.82, 2.24) is 31.9 Å². The number of carbonyl (C=O) groups excluding carboxylic acids is 8. The summed E-state index contributed by atoms with van der Waals surface area (Å²) in [5.74, 6) is -8.93. The highest BCUT2D eigenvalue weighted by atomic mass is 32.2. The van der Waals surface area contributed by atoms with Crippen molar-refractivity contribution < 1.29 is 48.3 Å². The molecule has 1 heterocycles. The lowest BCUT2D eigenvalue weighted by Crippen LogP contribution is -2.61. The van der Waals surface area contributed by atoms with Gasteiger partial charge in [-0.2, -0.15) is 0 Å². The van der Waals surface area contributed by atoms with Gasteiger partial charge in [0, 0.05) is 12.2 Å². The Morgan fingerprint density at radius 1 is 0.789 bits per heavy atom. The van der Waals surface area contributed by atoms with Crippen molar-refractivity contribution >= 4 is 64.2 Å². The third-order valence-corrected chi connectivity index (χ3v) is 10.3. The van der Waals surface area contributed by atoms with Crippen LogP contribution in [0.1, 0.15) is 79.2 Å². The number of thioether (sulfide) groups is 1. The number of nitrogens with one attached hydrogen (secondary N) is 6. The van der Waals surface area contributed by atoms with Gasteiger partial charge in [0.1, 0.15) is 30.2 Å². The van der Waals surface area contributed by atoms with E-state index in [0.717, 1.165) is 0 Å². The number of hydrogen-bond acceptors (Lipinski definition) is 11. The third-order valence-electron chi connectivity index (χ3n) is 9.20. The van der Waals surface area contributed by atoms with Crippen molar-refractivity contribution in [3.05, 3.63) is 35.9 Å². The van der Waals surface area contributed by atoms with Gasteiger partial charge in [0.05, 0.1) is 24.9 Å². The average Bonchev–Trinajstić information content (AvgIpc) is 3.13. The molecule has 1 aliphatic heterocycles. The van der Waals surface area contributed by atoms with Crippen molar-refractivity contribution in [1.29, 1.82) is 0 Å². The minimum atomic E-state index is -1.80. The van der Waals surface area contributed by atoms with Gasteiger partial charge in [0.2, 0.25) is 46.5 Å². The average molecular weight is 819 g/mol. The van der Waals surface area contributed by atoms with E-state index in [0.29, 0.717) is 23.7 Å². The van der Waals surface area contributed by atoms with Crippen LogP contribution >= 0.6 is 11.8 Å². The molecule has 7 amide bonds. The monoisotopic (exact) mass is 818 g/mol. The second-order valence-corrected chi connectivity index (χ2v) is 16.1. The summed E-state index contributed by atoms with van der Waals surface area (Å²) in [6, 6.07) is -1.17. The summed E-state index contributed by atoms with van der Waals surface area (Å²) < 4.78 is 0. The van der Waals surface area contributed by atoms with Gasteiger partial charge >= 0.3 is 5.97 Å². The Morgan fingerprint density at radius 2 is 1.32 bits per heavy atom. The molecule has 1 saturated heterocycles. The van der Waals surface area contributed by atoms with Crippen LogP contribution in [0.15, 0.2) is 30.3 Å². The van der Waals surface area contributed by atoms with E-state index in [9.17, 15) is 48.3 Å². The molecule has 19 heteroatoms. The number of amides is 7. The molecule has 11 N–H and O–H groups in total. The summed E-state index contributed by atoms with van der Waals surface area (Å²) in [5.41, 5.74) is 12.0. The fraction of sp³-hybridized carbons (Fsp3) is 0.605. The molecule has 0 aromatic heterocycles. The molecule has 0 aliphatic carbocycles. The number of hydrogen-bond donors (Lipinski definition) is 9. The molecule has 1 aliphatic rings. The van der Waals surface area contributed by atoms with Gasteiger partial charge in [-0.05, 0) is 36.2 Å². The van der Waals surface area contributed by atoms with Gasteiger partial charge in [-0.25, -0.2) is 0 Å². The van der Waals surface area contributed by atoms with E-state index < -0.39 is 113 Å². The molecular weight excluding hydrogens is 761 g/mol. The molecule has 18 nitrogen and oxygen atoms in total. The number of carboxylic acids is 1. The van der Waals surface area contributed by atoms with Gasteiger partial charge in [-0.3, -0.25) is 43.2 Å². The Kier molecular flexibility index (Phi) is 19.6. The highest BCUT2D eigenvalue weighted by Gasteiger charge is 2.37. The maximum atomic E-state index is 13.9. The molecule has 2 rings (SSSR count). The molecule has 1 aromatic carbocycles. The Hall–Kier alpha value is -5.04. The maximum Gasteiger partial charge on any atom is 0.305 e. The first kappa shape index (κ1) is 48.1. The van der Waals surface area contributed by atoms with E-state index >= 15 is 0 Å². The zero-order chi connectivity index (χ0) is 43.0. The van der Waals surface area contributed by atoms with Gasteiger partial charge in [0.15, 0.2) is 0 Å². The molecule has 1 fully saturated rings. The summed E-state index contributed by atoms with van der Waals surface area (Å²) in [6.45, 7) is 10.8. The number of carboxylic acid groups (broad SMARTS) is 1. The summed E-state index contributed by atoms with van der Waals surface area (Å²) in [7, 11) is 0. The highest BCUT2D eigenvalue weighted by Crippen LogP contribution is 2.17. The minimum Gasteiger partial charge on any atom is -0.481 e. The van der Waals surface area contributed by atoms with Crippen LogP contribution in [0.5, 0.6) is 0 Å². The topological polar surface area (TPSA) is 298 Å². The van der Waals surface area contributed by atoms with Crippen LogP contribution in [0.2, 0.25) is 0 Å². The largest absolute Gasteiger partial charge is 0.481 e. The minimum absolute atomic E-state index is 0.0837. The van der Waals surface area contributed by atoms with Crippen LogP contribution in [-0.4, -0.2) is 106 Å². The molecule has 0 spiro atoms. The molecule has 316 valence electrons. The maximum absolute atomic E-state index is 13.9. The number of carbonyl (C=O) groups is 9. The van der Waals surface area contributed by atoms with E-state index in [-0.39, 0.29) is 37.0 Å². The highest BCUT2D eigenvalue weighted by molar-refractivity contribution is 8.13. The normalized spacial score (nSPS) is 23.0. The second kappa shape index (κ2) is 23.3. The predicted octanol–water partition coefficient (Wildman–Crippen LogP) is -0.773. The number of rotatable bonds is 16. The lowest BCUT2D eigenvalue weighted by molar-refractivity contribution is -0.141. The number of aliphatic carboxylic acids is 1. The molecule has 0 saturated carbocycles. The summed E-state index contributed by atoms with van der Waals surface area (Å²) in [4.78, 5) is 120. The second-order valence-electron chi connectivity index (χ2n) is 15.1. The van der Waals surface area contributed by atoms with Crippen molar-refractivity contribution in [3.8, 4) is 0 Å². The van der Waals surface area contributed by atoms with Crippen LogP contribution in [0, 0.1) is 17.8 Å². The number of benzene rings is 1. The Balaban J connectivity index is 2.65. The van der Waals surface area contributed by atoms with E-state index in [1.807, 2.05) is 27.7 Å². The quantitative estimate of drug-likeness (QED) is 0.0994. The van der Waals surface area contributed by atoms with Gasteiger partial charge in [-0.15, -0.1) is 0 Å². The van der Waals surface area contributed by atoms with Gasteiger partial charge in [-0.1, -0.05) is 90.1 Å². The molecule has 1 aromatic rings. The van der Waals surface area contributed by atoms with E-state index in [4.69, 9.17) is 11.5 Å². The molecule has 0 unspecified atom stereocenters. The van der Waals surface area contributed by atoms with Crippen molar-refractivity contribution in [3.63, 3.8) is 0 Å². The summed E-state index contributed by atoms with van der Waals surface area (Å²) in [6.07, 6.45) is -0.878. The zero-order valence-electron chi connectivity index (χ0n) is 33.3. The van der Waals surface area contributed by atoms with Crippen LogP contribution < -0.4 is 43.4 Å². The number of primary amides is 1. The standard InChI is InChI=1S/C38H58N8O10S/c1-7-21(6)31(40)37(55)44-25(16-29(39)47)34(52)46-28-18-57-38(56)27(14-20(4)5)45-32(50)23(13-19(2)3)41-33(51)24(15-22-11-9-8-10-12-22)42-35(53)26(17-30(48)49)43-36(28)54/h8-12,19-21,23-28,31H,7,13-18,40H2,1-6H3,(H2,39,47)(H,41,51)(H,42,53)(H,43,54)(H,44,55)(H,45,50)(H,46,52)(H,48,49)/t21-,23-,24-,25-,26-,27-,28-,31-/m0/s1. The van der Waals surface area contributed by atoms with Crippen molar-refractivity contribution in [2.75, 3.05) is 5.75 Å². The summed E-state index contributed by atoms with van der Waals surface area (Å²) >= 11 is 0.570. The first-order valence-corrected chi connectivity index (χ1v) is 20.0. The molecule has 0 radical (unpaired) electrons. The van der Waals surface area contributed by atoms with Crippen LogP contribution in [-0.2, 0) is 49.6 Å². The molecule has 8 atom stereocenters. The third kappa shape index (κ3) is 16.5. The lowest BCUT2D eigenvalue weighted by Gasteiger charge is -2.29. The Morgan fingerprint density at radius 3 is 1.88 bits per heavy atom. The number of nitrogens with two attached hydrogens (primary N) is 2. The van der Waals surface area contributed by atoms with Gasteiger partial charge < -0.3 is 48.5 Å². The first-order chi connectivity index (χ1) is 26.7. The molecular formula is C38H58N8O10S. The van der Waals surface area contributed by atoms with E-state index in [2.05, 4.69) is 31.9 Å². The van der Waals surface area contributed by atoms with Gasteiger partial charge in [0.25, 0.3) is 0 Å². The fourth-order valence-electron chi connectivity index (χ4n) is 5.83. The Bertz CT molecular complexity index is 1610. The smallest absolute Gasteiger partial charge is 0.305 e. The Labute approximate surface area is 336 Å². The van der Waals surface area contributed by atoms with E-state index in [1.165, 1.54) is 0 Å². The SMILES string of the molecule is CC[C@H](C)[C@H](N)C(=O)N[C@@H](CC(N)=O)C(=O)N[C@H]1CSC(=O)[C@H](CC(C)C)NC(=O)[C@H](CC(C)C)NC(=O)[C@H](Cc2ccccc2)NC(=O)[C@H](CC(=O)O)NC1=O. The molecule has 57 heavy (non-hydrogen) atoms. The van der Waals surface area contributed by atoms with E-state index in [1.54, 1.807) is 44.2 Å². The van der Waals surface area contributed by atoms with Crippen molar-refractivity contribution in [2.24, 2.45) is 29.2 Å².